The van der Waals surface area contributed by atoms with Crippen LogP contribution in [0, 0.1) is 5.92 Å². The Morgan fingerprint density at radius 2 is 2.06 bits per heavy atom. The summed E-state index contributed by atoms with van der Waals surface area (Å²) in [6, 6.07) is 8.25. The Labute approximate surface area is 192 Å². The highest BCUT2D eigenvalue weighted by Gasteiger charge is 2.22. The zero-order chi connectivity index (χ0) is 23.1. The summed E-state index contributed by atoms with van der Waals surface area (Å²) in [4.78, 5) is 15.9. The van der Waals surface area contributed by atoms with Gasteiger partial charge in [-0.25, -0.2) is 9.97 Å². The van der Waals surface area contributed by atoms with Crippen molar-refractivity contribution in [3.63, 3.8) is 0 Å². The van der Waals surface area contributed by atoms with E-state index in [1.165, 1.54) is 12.8 Å². The van der Waals surface area contributed by atoms with E-state index < -0.39 is 0 Å². The highest BCUT2D eigenvalue weighted by molar-refractivity contribution is 6.12. The van der Waals surface area contributed by atoms with Crippen LogP contribution >= 0.6 is 0 Å². The molecule has 0 saturated heterocycles. The third-order valence-corrected chi connectivity index (χ3v) is 5.10. The van der Waals surface area contributed by atoms with E-state index in [0.29, 0.717) is 5.82 Å². The van der Waals surface area contributed by atoms with Gasteiger partial charge in [0.15, 0.2) is 5.82 Å². The SMILES string of the molecule is C=C/C(=C\N(C)C)c1cccc(-c2ncc(C(/C=N\C)=C/C(=C)C)c(NCC3CC3)n2)c1. The molecule has 1 aromatic carbocycles. The fraction of sp³-hybridized carbons (Fsp3) is 0.296. The van der Waals surface area contributed by atoms with Gasteiger partial charge < -0.3 is 10.2 Å². The number of aliphatic imine (C=N–C) groups is 1. The largest absolute Gasteiger partial charge is 0.383 e. The third-order valence-electron chi connectivity index (χ3n) is 5.10. The van der Waals surface area contributed by atoms with Crippen molar-refractivity contribution >= 4 is 23.2 Å². The lowest BCUT2D eigenvalue weighted by molar-refractivity contribution is 0.566. The maximum atomic E-state index is 4.93. The van der Waals surface area contributed by atoms with E-state index in [1.54, 1.807) is 7.05 Å². The number of hydrogen-bond donors (Lipinski definition) is 1. The van der Waals surface area contributed by atoms with Crippen LogP contribution < -0.4 is 5.32 Å². The van der Waals surface area contributed by atoms with E-state index in [4.69, 9.17) is 9.97 Å². The fourth-order valence-electron chi connectivity index (χ4n) is 3.38. The standard InChI is InChI=1S/C27H33N5/c1-7-21(18-32(5)6)22-9-8-10-23(14-22)26-30-17-25(24(16-28-4)13-19(2)3)27(31-26)29-15-20-11-12-20/h7-10,13-14,16-18,20H,1-2,11-12,15H2,3-6H3,(H,29,30,31)/b21-18+,24-13+,28-16-. The van der Waals surface area contributed by atoms with Crippen LogP contribution in [0.15, 0.2) is 72.5 Å². The molecule has 1 heterocycles. The van der Waals surface area contributed by atoms with Crippen molar-refractivity contribution in [2.24, 2.45) is 10.9 Å². The van der Waals surface area contributed by atoms with Gasteiger partial charge in [-0.2, -0.15) is 0 Å². The van der Waals surface area contributed by atoms with E-state index >= 15 is 0 Å². The summed E-state index contributed by atoms with van der Waals surface area (Å²) in [6.07, 6.45) is 12.2. The van der Waals surface area contributed by atoms with Gasteiger partial charge in [0.05, 0.1) is 0 Å². The summed E-state index contributed by atoms with van der Waals surface area (Å²) in [7, 11) is 5.77. The van der Waals surface area contributed by atoms with Crippen molar-refractivity contribution in [3.05, 3.63) is 78.7 Å². The van der Waals surface area contributed by atoms with E-state index in [9.17, 15) is 0 Å². The first-order chi connectivity index (χ1) is 15.4. The van der Waals surface area contributed by atoms with Crippen molar-refractivity contribution < 1.29 is 0 Å². The molecule has 2 aromatic rings. The van der Waals surface area contributed by atoms with Crippen LogP contribution in [-0.2, 0) is 0 Å². The van der Waals surface area contributed by atoms with Crippen molar-refractivity contribution in [1.82, 2.24) is 14.9 Å². The number of anilines is 1. The second kappa shape index (κ2) is 10.7. The number of allylic oxidation sites excluding steroid dienone is 5. The molecule has 3 rings (SSSR count). The van der Waals surface area contributed by atoms with Crippen LogP contribution in [0.4, 0.5) is 5.82 Å². The van der Waals surface area contributed by atoms with Gasteiger partial charge in [0.1, 0.15) is 5.82 Å². The first kappa shape index (κ1) is 23.2. The lowest BCUT2D eigenvalue weighted by atomic mass is 10.0. The lowest BCUT2D eigenvalue weighted by Crippen LogP contribution is -2.09. The van der Waals surface area contributed by atoms with Crippen LogP contribution in [-0.4, -0.2) is 48.8 Å². The summed E-state index contributed by atoms with van der Waals surface area (Å²) >= 11 is 0. The van der Waals surface area contributed by atoms with Gasteiger partial charge >= 0.3 is 0 Å². The Balaban J connectivity index is 2.04. The molecule has 0 unspecified atom stereocenters. The predicted octanol–water partition coefficient (Wildman–Crippen LogP) is 5.71. The summed E-state index contributed by atoms with van der Waals surface area (Å²) in [5, 5.41) is 3.55. The number of nitrogens with one attached hydrogen (secondary N) is 1. The summed E-state index contributed by atoms with van der Waals surface area (Å²) in [5.41, 5.74) is 5.91. The molecule has 5 heteroatoms. The minimum Gasteiger partial charge on any atom is -0.383 e. The average molecular weight is 428 g/mol. The number of nitrogens with zero attached hydrogens (tertiary/aromatic N) is 4. The minimum atomic E-state index is 0.685. The van der Waals surface area contributed by atoms with Crippen LogP contribution in [0.3, 0.4) is 0 Å². The number of hydrogen-bond acceptors (Lipinski definition) is 5. The average Bonchev–Trinajstić information content (AvgIpc) is 3.60. The number of aromatic nitrogens is 2. The van der Waals surface area contributed by atoms with Crippen LogP contribution in [0.2, 0.25) is 0 Å². The maximum absolute atomic E-state index is 4.93. The van der Waals surface area contributed by atoms with Gasteiger partial charge in [-0.05, 0) is 42.9 Å². The predicted molar refractivity (Wildman–Crippen MR) is 138 cm³/mol. The number of rotatable bonds is 10. The topological polar surface area (TPSA) is 53.4 Å². The van der Waals surface area contributed by atoms with E-state index in [-0.39, 0.29) is 0 Å². The Morgan fingerprint density at radius 1 is 1.28 bits per heavy atom. The highest BCUT2D eigenvalue weighted by atomic mass is 15.0. The molecular weight excluding hydrogens is 394 g/mol. The molecular formula is C27H33N5. The van der Waals surface area contributed by atoms with Crippen molar-refractivity contribution in [1.29, 1.82) is 0 Å². The molecule has 1 saturated carbocycles. The fourth-order valence-corrected chi connectivity index (χ4v) is 3.38. The quantitative estimate of drug-likeness (QED) is 0.389. The molecule has 0 aliphatic heterocycles. The Hall–Kier alpha value is -3.47. The van der Waals surface area contributed by atoms with Gasteiger partial charge in [-0.15, -0.1) is 0 Å². The Morgan fingerprint density at radius 3 is 2.69 bits per heavy atom. The molecule has 5 nitrogen and oxygen atoms in total. The van der Waals surface area contributed by atoms with E-state index in [0.717, 1.165) is 51.7 Å². The lowest BCUT2D eigenvalue weighted by Gasteiger charge is -2.14. The third kappa shape index (κ3) is 6.27. The zero-order valence-electron chi connectivity index (χ0n) is 19.6. The summed E-state index contributed by atoms with van der Waals surface area (Å²) < 4.78 is 0. The molecule has 32 heavy (non-hydrogen) atoms. The summed E-state index contributed by atoms with van der Waals surface area (Å²) in [5.74, 6) is 2.24. The molecule has 0 radical (unpaired) electrons. The molecule has 0 bridgehead atoms. The second-order valence-corrected chi connectivity index (χ2v) is 8.45. The van der Waals surface area contributed by atoms with Crippen LogP contribution in [0.1, 0.15) is 30.9 Å². The van der Waals surface area contributed by atoms with Crippen molar-refractivity contribution in [3.8, 4) is 11.4 Å². The van der Waals surface area contributed by atoms with Crippen molar-refractivity contribution in [2.45, 2.75) is 19.8 Å². The molecule has 1 aliphatic rings. The van der Waals surface area contributed by atoms with Crippen LogP contribution in [0.25, 0.3) is 22.5 Å². The van der Waals surface area contributed by atoms with Gasteiger partial charge in [-0.3, -0.25) is 4.99 Å². The molecule has 1 fully saturated rings. The monoisotopic (exact) mass is 427 g/mol. The molecule has 0 atom stereocenters. The molecule has 0 spiro atoms. The summed E-state index contributed by atoms with van der Waals surface area (Å²) in [6.45, 7) is 10.9. The molecule has 1 aliphatic carbocycles. The van der Waals surface area contributed by atoms with E-state index in [1.807, 2.05) is 62.6 Å². The normalized spacial score (nSPS) is 14.5. The van der Waals surface area contributed by atoms with Crippen LogP contribution in [0.5, 0.6) is 0 Å². The Bertz CT molecular complexity index is 1070. The van der Waals surface area contributed by atoms with Gasteiger partial charge in [-0.1, -0.05) is 49.1 Å². The smallest absolute Gasteiger partial charge is 0.161 e. The first-order valence-electron chi connectivity index (χ1n) is 10.9. The molecule has 1 N–H and O–H groups in total. The Kier molecular flexibility index (Phi) is 7.77. The van der Waals surface area contributed by atoms with Gasteiger partial charge in [0.25, 0.3) is 0 Å². The minimum absolute atomic E-state index is 0.685. The molecule has 1 aromatic heterocycles. The zero-order valence-corrected chi connectivity index (χ0v) is 19.6. The molecule has 0 amide bonds. The van der Waals surface area contributed by atoms with Gasteiger partial charge in [0.2, 0.25) is 0 Å². The second-order valence-electron chi connectivity index (χ2n) is 8.45. The van der Waals surface area contributed by atoms with E-state index in [2.05, 4.69) is 41.8 Å². The van der Waals surface area contributed by atoms with Crippen molar-refractivity contribution in [2.75, 3.05) is 33.0 Å². The number of benzene rings is 1. The maximum Gasteiger partial charge on any atom is 0.161 e. The van der Waals surface area contributed by atoms with Gasteiger partial charge in [0, 0.05) is 63.0 Å². The highest BCUT2D eigenvalue weighted by Crippen LogP contribution is 2.31. The molecule has 166 valence electrons. The first-order valence-corrected chi connectivity index (χ1v) is 10.9.